The van der Waals surface area contributed by atoms with Crippen molar-refractivity contribution in [3.63, 3.8) is 0 Å². The summed E-state index contributed by atoms with van der Waals surface area (Å²) in [5.74, 6) is 12.7. The highest BCUT2D eigenvalue weighted by molar-refractivity contribution is 6.13. The maximum atomic E-state index is 13.3. The summed E-state index contributed by atoms with van der Waals surface area (Å²) in [7, 11) is 1.64. The molecule has 65 heavy (non-hydrogen) atoms. The zero-order valence-corrected chi connectivity index (χ0v) is 36.4. The Balaban J connectivity index is 0.000000178. The van der Waals surface area contributed by atoms with E-state index < -0.39 is 0 Å². The minimum atomic E-state index is -0.327. The fourth-order valence-corrected chi connectivity index (χ4v) is 7.34. The smallest absolute Gasteiger partial charge is 0.261 e. The van der Waals surface area contributed by atoms with Crippen molar-refractivity contribution in [2.75, 3.05) is 20.3 Å². The van der Waals surface area contributed by atoms with Gasteiger partial charge in [-0.05, 0) is 127 Å². The van der Waals surface area contributed by atoms with Crippen LogP contribution in [-0.2, 0) is 40.2 Å². The molecule has 1 fully saturated rings. The molecule has 1 unspecified atom stereocenters. The van der Waals surface area contributed by atoms with Gasteiger partial charge in [-0.1, -0.05) is 40.4 Å². The van der Waals surface area contributed by atoms with Crippen molar-refractivity contribution >= 4 is 39.9 Å². The number of allylic oxidation sites excluding steroid dienone is 1. The molecule has 0 spiro atoms. The molecule has 1 saturated heterocycles. The SMILES string of the molecule is C1CCOC1.CO/C=C1/CCc2nc3cc(C#Cc4cccc(F)c4)ccc3c(=O)n2CC1.N=NN=NCl.O=CC1CCc2nc3cc(C#Cc4cccc(F)c4)ccc3c(=O)n2CC1. The van der Waals surface area contributed by atoms with E-state index in [0.717, 1.165) is 43.7 Å². The van der Waals surface area contributed by atoms with Gasteiger partial charge in [-0.15, -0.1) is 0 Å². The lowest BCUT2D eigenvalue weighted by Crippen LogP contribution is -2.24. The number of benzene rings is 4. The lowest BCUT2D eigenvalue weighted by atomic mass is 10.0. The predicted octanol–water partition coefficient (Wildman–Crippen LogP) is 9.22. The second-order valence-electron chi connectivity index (χ2n) is 15.0. The minimum Gasteiger partial charge on any atom is -0.504 e. The number of nitrogens with zero attached hydrogens (tertiary/aromatic N) is 7. The summed E-state index contributed by atoms with van der Waals surface area (Å²) >= 11 is 4.55. The van der Waals surface area contributed by atoms with E-state index in [2.05, 4.69) is 55.5 Å². The fraction of sp³-hybridized carbons (Fsp3) is 0.286. The van der Waals surface area contributed by atoms with Crippen LogP contribution in [0.3, 0.4) is 0 Å². The van der Waals surface area contributed by atoms with Gasteiger partial charge in [0.15, 0.2) is 0 Å². The summed E-state index contributed by atoms with van der Waals surface area (Å²) in [6.45, 7) is 3.12. The number of carbonyl (C=O) groups excluding carboxylic acids is 1. The van der Waals surface area contributed by atoms with Gasteiger partial charge in [0.05, 0.1) is 47.0 Å². The molecule has 0 amide bonds. The Morgan fingerprint density at radius 3 is 1.74 bits per heavy atom. The molecule has 13 nitrogen and oxygen atoms in total. The zero-order chi connectivity index (χ0) is 46.0. The van der Waals surface area contributed by atoms with E-state index in [4.69, 9.17) is 20.0 Å². The molecule has 4 aromatic carbocycles. The molecule has 0 bridgehead atoms. The Labute approximate surface area is 378 Å². The Bertz CT molecular complexity index is 2970. The van der Waals surface area contributed by atoms with Crippen LogP contribution in [0.5, 0.6) is 0 Å². The largest absolute Gasteiger partial charge is 0.504 e. The number of methoxy groups -OCH3 is 1. The summed E-state index contributed by atoms with van der Waals surface area (Å²) in [4.78, 5) is 46.2. The maximum Gasteiger partial charge on any atom is 0.261 e. The topological polar surface area (TPSA) is 166 Å². The first-order valence-corrected chi connectivity index (χ1v) is 21.3. The van der Waals surface area contributed by atoms with E-state index >= 15 is 0 Å². The van der Waals surface area contributed by atoms with Crippen LogP contribution < -0.4 is 11.1 Å². The first-order valence-electron chi connectivity index (χ1n) is 20.9. The van der Waals surface area contributed by atoms with Crippen molar-refractivity contribution in [2.45, 2.75) is 64.5 Å². The molecule has 2 aromatic heterocycles. The summed E-state index contributed by atoms with van der Waals surface area (Å²) in [5, 5.41) is 6.21. The molecule has 3 aliphatic rings. The van der Waals surface area contributed by atoms with E-state index in [1.54, 1.807) is 77.1 Å². The van der Waals surface area contributed by atoms with Crippen LogP contribution in [0, 0.1) is 46.8 Å². The van der Waals surface area contributed by atoms with Crippen molar-refractivity contribution in [1.82, 2.24) is 19.1 Å². The summed E-state index contributed by atoms with van der Waals surface area (Å²) < 4.78 is 42.7. The summed E-state index contributed by atoms with van der Waals surface area (Å²) in [5.41, 5.74) is 10.8. The molecule has 0 radical (unpaired) electrons. The highest BCUT2D eigenvalue weighted by Crippen LogP contribution is 2.21. The number of hydrogen-bond donors (Lipinski definition) is 1. The Hall–Kier alpha value is -7.20. The molecule has 332 valence electrons. The monoisotopic (exact) mass is 898 g/mol. The van der Waals surface area contributed by atoms with E-state index in [0.29, 0.717) is 83.1 Å². The van der Waals surface area contributed by atoms with Gasteiger partial charge in [0, 0.05) is 67.3 Å². The molecule has 0 aliphatic carbocycles. The second kappa shape index (κ2) is 24.0. The van der Waals surface area contributed by atoms with Crippen molar-refractivity contribution in [1.29, 1.82) is 5.53 Å². The Kier molecular flexibility index (Phi) is 17.5. The van der Waals surface area contributed by atoms with Gasteiger partial charge in [-0.25, -0.2) is 18.7 Å². The number of ether oxygens (including phenoxy) is 2. The number of aryl methyl sites for hydroxylation is 2. The number of halogens is 3. The van der Waals surface area contributed by atoms with Gasteiger partial charge in [0.1, 0.15) is 29.6 Å². The zero-order valence-electron chi connectivity index (χ0n) is 35.6. The van der Waals surface area contributed by atoms with Gasteiger partial charge in [0.2, 0.25) is 0 Å². The highest BCUT2D eigenvalue weighted by Gasteiger charge is 2.19. The number of nitrogens with one attached hydrogen (secondary N) is 1. The lowest BCUT2D eigenvalue weighted by Gasteiger charge is -2.10. The van der Waals surface area contributed by atoms with Gasteiger partial charge in [-0.2, -0.15) is 5.53 Å². The molecule has 5 heterocycles. The highest BCUT2D eigenvalue weighted by atomic mass is 35.5. The van der Waals surface area contributed by atoms with Crippen LogP contribution in [0.1, 0.15) is 72.4 Å². The van der Waals surface area contributed by atoms with Gasteiger partial charge in [0.25, 0.3) is 11.1 Å². The average molecular weight is 899 g/mol. The van der Waals surface area contributed by atoms with Crippen LogP contribution in [0.4, 0.5) is 8.78 Å². The second-order valence-corrected chi connectivity index (χ2v) is 15.2. The molecule has 6 aromatic rings. The quantitative estimate of drug-likeness (QED) is 0.0608. The Morgan fingerprint density at radius 1 is 0.738 bits per heavy atom. The first-order chi connectivity index (χ1) is 31.7. The molecule has 0 saturated carbocycles. The number of aromatic nitrogens is 4. The molecular weight excluding hydrogens is 854 g/mol. The molecule has 1 atom stereocenters. The van der Waals surface area contributed by atoms with Gasteiger partial charge >= 0.3 is 0 Å². The van der Waals surface area contributed by atoms with Crippen LogP contribution in [-0.4, -0.2) is 45.7 Å². The van der Waals surface area contributed by atoms with Crippen LogP contribution in [0.15, 0.2) is 121 Å². The van der Waals surface area contributed by atoms with Gasteiger partial charge in [-0.3, -0.25) is 18.7 Å². The van der Waals surface area contributed by atoms with Crippen molar-refractivity contribution < 1.29 is 23.0 Å². The van der Waals surface area contributed by atoms with E-state index in [9.17, 15) is 23.2 Å². The lowest BCUT2D eigenvalue weighted by molar-refractivity contribution is -0.111. The third kappa shape index (κ3) is 13.4. The van der Waals surface area contributed by atoms with Gasteiger partial charge < -0.3 is 14.3 Å². The first kappa shape index (κ1) is 47.3. The van der Waals surface area contributed by atoms with Crippen LogP contribution in [0.2, 0.25) is 0 Å². The minimum absolute atomic E-state index is 0.0247. The molecule has 16 heteroatoms. The van der Waals surface area contributed by atoms with E-state index in [1.165, 1.54) is 42.7 Å². The standard InChI is InChI=1S/C23H19FN2O2.C22H17FN2O2.C4H8O.ClHN4/c1-28-15-18-8-10-22-25-21-14-17(6-5-16-3-2-4-19(24)13-16)7-9-20(21)23(27)26(22)12-11-18;23-18-3-1-2-15(12-18)4-5-16-6-8-19-20(13-16)24-21-9-7-17(14-26)10-11-25(21)22(19)27;1-2-4-5-3-1;1-3-5-4-2/h2-4,7,9,13-15H,8,10-12H2,1H3;1-3,6,8,12-14,17H,7,9-11H2;1-4H2;2H/b18-15-;;;. The molecule has 1 N–H and O–H groups in total. The normalized spacial score (nSPS) is 15.6. The molecular formula is C49H45ClF2N8O5. The Morgan fingerprint density at radius 2 is 1.28 bits per heavy atom. The number of hydrogen-bond acceptors (Lipinski definition) is 9. The summed E-state index contributed by atoms with van der Waals surface area (Å²) in [6.07, 6.45) is 9.57. The summed E-state index contributed by atoms with van der Waals surface area (Å²) in [6, 6.07) is 23.0. The van der Waals surface area contributed by atoms with E-state index in [-0.39, 0.29) is 28.7 Å². The van der Waals surface area contributed by atoms with Crippen LogP contribution in [0.25, 0.3) is 21.8 Å². The van der Waals surface area contributed by atoms with Crippen molar-refractivity contribution in [3.05, 3.63) is 163 Å². The predicted molar refractivity (Wildman–Crippen MR) is 243 cm³/mol. The third-order valence-corrected chi connectivity index (χ3v) is 10.7. The fourth-order valence-electron chi connectivity index (χ4n) is 7.31. The molecule has 9 rings (SSSR count). The number of carbonyl (C=O) groups is 1. The number of fused-ring (bicyclic) bond motifs is 4. The number of aldehydes is 1. The van der Waals surface area contributed by atoms with E-state index in [1.807, 2.05) is 6.07 Å². The van der Waals surface area contributed by atoms with Crippen molar-refractivity contribution in [2.24, 2.45) is 21.0 Å². The maximum absolute atomic E-state index is 13.3. The number of rotatable bonds is 3. The third-order valence-electron chi connectivity index (χ3n) is 10.6. The molecule has 3 aliphatic heterocycles. The van der Waals surface area contributed by atoms with Crippen LogP contribution >= 0.6 is 11.8 Å². The average Bonchev–Trinajstić information content (AvgIpc) is 3.76. The van der Waals surface area contributed by atoms with Crippen molar-refractivity contribution in [3.8, 4) is 23.7 Å².